The first-order chi connectivity index (χ1) is 9.78. The Bertz CT molecular complexity index is 414. The molecule has 0 aromatic heterocycles. The van der Waals surface area contributed by atoms with Crippen LogP contribution in [0.5, 0.6) is 0 Å². The lowest BCUT2D eigenvalue weighted by Gasteiger charge is -2.21. The van der Waals surface area contributed by atoms with E-state index in [1.807, 2.05) is 24.3 Å². The van der Waals surface area contributed by atoms with Gasteiger partial charge in [0.2, 0.25) is 5.91 Å². The molecule has 1 saturated heterocycles. The van der Waals surface area contributed by atoms with Gasteiger partial charge in [0.15, 0.2) is 0 Å². The van der Waals surface area contributed by atoms with Gasteiger partial charge >= 0.3 is 0 Å². The van der Waals surface area contributed by atoms with Gasteiger partial charge in [-0.15, -0.1) is 0 Å². The Labute approximate surface area is 119 Å². The van der Waals surface area contributed by atoms with E-state index in [4.69, 9.17) is 15.2 Å². The fourth-order valence-electron chi connectivity index (χ4n) is 2.15. The second-order valence-corrected chi connectivity index (χ2v) is 5.02. The summed E-state index contributed by atoms with van der Waals surface area (Å²) < 4.78 is 10.7. The van der Waals surface area contributed by atoms with E-state index >= 15 is 0 Å². The quantitative estimate of drug-likeness (QED) is 0.827. The molecule has 0 aliphatic carbocycles. The van der Waals surface area contributed by atoms with Crippen LogP contribution in [0.4, 0.5) is 5.69 Å². The zero-order valence-electron chi connectivity index (χ0n) is 11.6. The molecule has 0 radical (unpaired) electrons. The molecule has 1 amide bonds. The van der Waals surface area contributed by atoms with Crippen LogP contribution in [0.1, 0.15) is 18.4 Å². The molecule has 0 atom stereocenters. The van der Waals surface area contributed by atoms with Crippen molar-refractivity contribution >= 4 is 11.6 Å². The summed E-state index contributed by atoms with van der Waals surface area (Å²) in [7, 11) is 0. The maximum absolute atomic E-state index is 11.7. The highest BCUT2D eigenvalue weighted by Gasteiger charge is 2.14. The summed E-state index contributed by atoms with van der Waals surface area (Å²) >= 11 is 0. The standard InChI is InChI=1S/C15H22N2O3/c16-9-12-1-3-14(4-2-12)17-15(18)11-20-10-13-5-7-19-8-6-13/h1-4,13H,5-11,16H2,(H,17,18). The first-order valence-corrected chi connectivity index (χ1v) is 7.02. The number of anilines is 1. The second-order valence-electron chi connectivity index (χ2n) is 5.02. The van der Waals surface area contributed by atoms with Crippen molar-refractivity contribution in [1.29, 1.82) is 0 Å². The first-order valence-electron chi connectivity index (χ1n) is 7.02. The van der Waals surface area contributed by atoms with Gasteiger partial charge in [-0.25, -0.2) is 0 Å². The average molecular weight is 278 g/mol. The number of ether oxygens (including phenoxy) is 2. The lowest BCUT2D eigenvalue weighted by atomic mass is 10.0. The zero-order chi connectivity index (χ0) is 14.2. The van der Waals surface area contributed by atoms with Crippen LogP contribution in [-0.2, 0) is 20.8 Å². The summed E-state index contributed by atoms with van der Waals surface area (Å²) in [6.45, 7) is 2.82. The van der Waals surface area contributed by atoms with E-state index in [0.29, 0.717) is 19.1 Å². The molecule has 5 nitrogen and oxygen atoms in total. The molecule has 1 heterocycles. The normalized spacial score (nSPS) is 16.1. The lowest BCUT2D eigenvalue weighted by molar-refractivity contribution is -0.121. The highest BCUT2D eigenvalue weighted by atomic mass is 16.5. The number of hydrogen-bond acceptors (Lipinski definition) is 4. The molecule has 110 valence electrons. The number of carbonyl (C=O) groups excluding carboxylic acids is 1. The average Bonchev–Trinajstić information content (AvgIpc) is 2.49. The fraction of sp³-hybridized carbons (Fsp3) is 0.533. The topological polar surface area (TPSA) is 73.6 Å². The number of nitrogens with one attached hydrogen (secondary N) is 1. The minimum atomic E-state index is -0.127. The van der Waals surface area contributed by atoms with E-state index in [0.717, 1.165) is 37.3 Å². The summed E-state index contributed by atoms with van der Waals surface area (Å²) in [5.41, 5.74) is 7.33. The van der Waals surface area contributed by atoms with Gasteiger partial charge in [0.05, 0.1) is 6.61 Å². The Hall–Kier alpha value is -1.43. The molecule has 3 N–H and O–H groups in total. The number of amides is 1. The Morgan fingerprint density at radius 2 is 2.00 bits per heavy atom. The van der Waals surface area contributed by atoms with Gasteiger partial charge in [0, 0.05) is 25.4 Å². The summed E-state index contributed by atoms with van der Waals surface area (Å²) in [5.74, 6) is 0.387. The molecule has 1 aliphatic heterocycles. The van der Waals surface area contributed by atoms with Crippen LogP contribution in [0.2, 0.25) is 0 Å². The molecular formula is C15H22N2O3. The molecule has 1 aromatic rings. The van der Waals surface area contributed by atoms with Crippen LogP contribution < -0.4 is 11.1 Å². The van der Waals surface area contributed by atoms with Crippen LogP contribution in [0.3, 0.4) is 0 Å². The van der Waals surface area contributed by atoms with E-state index in [2.05, 4.69) is 5.32 Å². The number of hydrogen-bond donors (Lipinski definition) is 2. The molecule has 20 heavy (non-hydrogen) atoms. The highest BCUT2D eigenvalue weighted by Crippen LogP contribution is 2.14. The van der Waals surface area contributed by atoms with Crippen LogP contribution in [0.25, 0.3) is 0 Å². The fourth-order valence-corrected chi connectivity index (χ4v) is 2.15. The number of rotatable bonds is 6. The van der Waals surface area contributed by atoms with Crippen LogP contribution >= 0.6 is 0 Å². The van der Waals surface area contributed by atoms with E-state index in [9.17, 15) is 4.79 Å². The van der Waals surface area contributed by atoms with Crippen molar-refractivity contribution in [3.63, 3.8) is 0 Å². The molecule has 0 saturated carbocycles. The predicted octanol–water partition coefficient (Wildman–Crippen LogP) is 1.53. The Morgan fingerprint density at radius 1 is 1.30 bits per heavy atom. The van der Waals surface area contributed by atoms with Crippen molar-refractivity contribution in [1.82, 2.24) is 0 Å². The highest BCUT2D eigenvalue weighted by molar-refractivity contribution is 5.91. The second kappa shape index (κ2) is 7.99. The third kappa shape index (κ3) is 4.92. The minimum Gasteiger partial charge on any atom is -0.381 e. The molecule has 5 heteroatoms. The largest absolute Gasteiger partial charge is 0.381 e. The van der Waals surface area contributed by atoms with Crippen molar-refractivity contribution in [2.75, 3.05) is 31.7 Å². The van der Waals surface area contributed by atoms with E-state index in [1.165, 1.54) is 0 Å². The smallest absolute Gasteiger partial charge is 0.250 e. The summed E-state index contributed by atoms with van der Waals surface area (Å²) in [4.78, 5) is 11.7. The molecule has 0 unspecified atom stereocenters. The van der Waals surface area contributed by atoms with Gasteiger partial charge in [-0.2, -0.15) is 0 Å². The molecule has 1 fully saturated rings. The van der Waals surface area contributed by atoms with E-state index < -0.39 is 0 Å². The van der Waals surface area contributed by atoms with Crippen molar-refractivity contribution in [2.45, 2.75) is 19.4 Å². The molecule has 0 spiro atoms. The third-order valence-electron chi connectivity index (χ3n) is 3.40. The molecule has 2 rings (SSSR count). The van der Waals surface area contributed by atoms with Crippen LogP contribution in [0.15, 0.2) is 24.3 Å². The maximum atomic E-state index is 11.7. The monoisotopic (exact) mass is 278 g/mol. The maximum Gasteiger partial charge on any atom is 0.250 e. The molecule has 1 aliphatic rings. The van der Waals surface area contributed by atoms with Gasteiger partial charge in [0.25, 0.3) is 0 Å². The third-order valence-corrected chi connectivity index (χ3v) is 3.40. The van der Waals surface area contributed by atoms with Crippen LogP contribution in [0, 0.1) is 5.92 Å². The first kappa shape index (κ1) is 15.0. The predicted molar refractivity (Wildman–Crippen MR) is 77.3 cm³/mol. The van der Waals surface area contributed by atoms with Gasteiger partial charge in [-0.3, -0.25) is 4.79 Å². The summed E-state index contributed by atoms with van der Waals surface area (Å²) in [5, 5.41) is 2.80. The van der Waals surface area contributed by atoms with Crippen molar-refractivity contribution < 1.29 is 14.3 Å². The summed E-state index contributed by atoms with van der Waals surface area (Å²) in [6.07, 6.45) is 2.03. The lowest BCUT2D eigenvalue weighted by Crippen LogP contribution is -2.24. The Kier molecular flexibility index (Phi) is 5.98. The molecule has 1 aromatic carbocycles. The Balaban J connectivity index is 1.66. The van der Waals surface area contributed by atoms with E-state index in [1.54, 1.807) is 0 Å². The number of benzene rings is 1. The SMILES string of the molecule is NCc1ccc(NC(=O)COCC2CCOCC2)cc1. The van der Waals surface area contributed by atoms with Gasteiger partial charge in [-0.05, 0) is 36.5 Å². The van der Waals surface area contributed by atoms with Gasteiger partial charge < -0.3 is 20.5 Å². The summed E-state index contributed by atoms with van der Waals surface area (Å²) in [6, 6.07) is 7.49. The van der Waals surface area contributed by atoms with Crippen molar-refractivity contribution in [3.05, 3.63) is 29.8 Å². The van der Waals surface area contributed by atoms with E-state index in [-0.39, 0.29) is 12.5 Å². The number of carbonyl (C=O) groups is 1. The van der Waals surface area contributed by atoms with Crippen LogP contribution in [-0.4, -0.2) is 32.3 Å². The molecule has 0 bridgehead atoms. The van der Waals surface area contributed by atoms with Crippen molar-refractivity contribution in [3.8, 4) is 0 Å². The number of nitrogens with two attached hydrogens (primary N) is 1. The van der Waals surface area contributed by atoms with Crippen molar-refractivity contribution in [2.24, 2.45) is 11.7 Å². The minimum absolute atomic E-state index is 0.0933. The van der Waals surface area contributed by atoms with Gasteiger partial charge in [0.1, 0.15) is 6.61 Å². The zero-order valence-corrected chi connectivity index (χ0v) is 11.6. The Morgan fingerprint density at radius 3 is 2.65 bits per heavy atom. The molecular weight excluding hydrogens is 256 g/mol. The van der Waals surface area contributed by atoms with Gasteiger partial charge in [-0.1, -0.05) is 12.1 Å².